The van der Waals surface area contributed by atoms with Crippen LogP contribution in [0.15, 0.2) is 0 Å². The van der Waals surface area contributed by atoms with E-state index < -0.39 is 0 Å². The molecule has 0 saturated heterocycles. The fourth-order valence-electron chi connectivity index (χ4n) is 0.259. The van der Waals surface area contributed by atoms with Crippen LogP contribution in [0.3, 0.4) is 0 Å². The summed E-state index contributed by atoms with van der Waals surface area (Å²) in [5.41, 5.74) is 8.19. The lowest BCUT2D eigenvalue weighted by atomic mass is 10.5. The van der Waals surface area contributed by atoms with Crippen molar-refractivity contribution in [3.05, 3.63) is 5.53 Å². The number of carbonyl (C=O) groups excluding carboxylic acids is 1. The summed E-state index contributed by atoms with van der Waals surface area (Å²) >= 11 is 0. The molecule has 0 saturated carbocycles. The van der Waals surface area contributed by atoms with Crippen molar-refractivity contribution in [2.75, 3.05) is 7.11 Å². The summed E-state index contributed by atoms with van der Waals surface area (Å²) in [5, 5.41) is 0. The van der Waals surface area contributed by atoms with Crippen LogP contribution in [-0.4, -0.2) is 23.1 Å². The van der Waals surface area contributed by atoms with Crippen molar-refractivity contribution in [1.29, 1.82) is 0 Å². The molecule has 0 radical (unpaired) electrons. The number of Topliss-reactive ketones (excluding diaryl/α,β-unsaturated/α-hetero) is 1. The summed E-state index contributed by atoms with van der Waals surface area (Å²) in [5.74, 6) is -0.266. The van der Waals surface area contributed by atoms with Gasteiger partial charge in [0.1, 0.15) is 8.81 Å². The summed E-state index contributed by atoms with van der Waals surface area (Å²) in [6, 6.07) is 0. The predicted octanol–water partition coefficient (Wildman–Crippen LogP) is 0.444. The molecule has 0 bridgehead atoms. The maximum atomic E-state index is 10.4. The Balaban J connectivity index is 4.02. The van der Waals surface area contributed by atoms with Gasteiger partial charge in [-0.05, 0) is 0 Å². The highest BCUT2D eigenvalue weighted by Gasteiger charge is 2.13. The number of nitrogens with zero attached hydrogens (tertiary/aromatic N) is 2. The highest BCUT2D eigenvalue weighted by atomic mass is 31.1. The van der Waals surface area contributed by atoms with Gasteiger partial charge < -0.3 is 10.1 Å². The molecule has 0 aliphatic carbocycles. The Hall–Kier alpha value is -0.560. The first-order valence-corrected chi connectivity index (χ1v) is 3.15. The van der Waals surface area contributed by atoms with Crippen LogP contribution in [0.4, 0.5) is 0 Å². The summed E-state index contributed by atoms with van der Waals surface area (Å²) in [7, 11) is 1.27. The quantitative estimate of drug-likeness (QED) is 0.251. The van der Waals surface area contributed by atoms with Crippen LogP contribution >= 0.6 is 8.81 Å². The standard InChI is InChI=1S/C4H7N2O2P/c1-3(7)4(6-5)9-8-2/h9H,1-2H3. The Labute approximate surface area is 54.7 Å². The van der Waals surface area contributed by atoms with Crippen LogP contribution < -0.4 is 0 Å². The zero-order valence-electron chi connectivity index (χ0n) is 5.21. The van der Waals surface area contributed by atoms with E-state index in [2.05, 4.69) is 9.31 Å². The maximum absolute atomic E-state index is 10.4. The van der Waals surface area contributed by atoms with Crippen molar-refractivity contribution >= 4 is 20.0 Å². The van der Waals surface area contributed by atoms with Gasteiger partial charge in [0, 0.05) is 14.0 Å². The van der Waals surface area contributed by atoms with Crippen molar-refractivity contribution in [1.82, 2.24) is 0 Å². The zero-order chi connectivity index (χ0) is 7.28. The molecule has 9 heavy (non-hydrogen) atoms. The molecule has 0 amide bonds. The minimum Gasteiger partial charge on any atom is -0.361 e. The molecular formula is C4H7N2O2P. The van der Waals surface area contributed by atoms with E-state index in [9.17, 15) is 4.79 Å². The largest absolute Gasteiger partial charge is 0.376 e. The smallest absolute Gasteiger partial charge is 0.361 e. The van der Waals surface area contributed by atoms with E-state index >= 15 is 0 Å². The van der Waals surface area contributed by atoms with Crippen LogP contribution in [0.5, 0.6) is 0 Å². The van der Waals surface area contributed by atoms with Gasteiger partial charge in [0.2, 0.25) is 5.78 Å². The molecular weight excluding hydrogens is 139 g/mol. The number of hydrogen-bond acceptors (Lipinski definition) is 2. The molecule has 0 rings (SSSR count). The number of hydrogen-bond donors (Lipinski definition) is 0. The number of rotatable bonds is 3. The highest BCUT2D eigenvalue weighted by molar-refractivity contribution is 7.57. The van der Waals surface area contributed by atoms with E-state index in [4.69, 9.17) is 5.53 Å². The van der Waals surface area contributed by atoms with Crippen LogP contribution in [-0.2, 0) is 9.32 Å². The average molecular weight is 146 g/mol. The van der Waals surface area contributed by atoms with E-state index in [0.29, 0.717) is 0 Å². The lowest BCUT2D eigenvalue weighted by Crippen LogP contribution is -2.04. The first-order valence-electron chi connectivity index (χ1n) is 2.24. The van der Waals surface area contributed by atoms with Gasteiger partial charge in [-0.2, -0.15) is 4.79 Å². The first kappa shape index (κ1) is 8.44. The number of carbonyl (C=O) groups is 1. The molecule has 0 spiro atoms. The van der Waals surface area contributed by atoms with E-state index in [-0.39, 0.29) is 20.0 Å². The first-order chi connectivity index (χ1) is 4.22. The van der Waals surface area contributed by atoms with Crippen LogP contribution in [0.25, 0.3) is 5.53 Å². The topological polar surface area (TPSA) is 62.7 Å². The molecule has 5 heteroatoms. The Bertz CT molecular complexity index is 162. The molecule has 0 aromatic heterocycles. The molecule has 0 aliphatic rings. The van der Waals surface area contributed by atoms with E-state index in [1.807, 2.05) is 0 Å². The Kier molecular flexibility index (Phi) is 4.06. The normalized spacial score (nSPS) is 9.56. The van der Waals surface area contributed by atoms with Crippen molar-refractivity contribution < 1.29 is 14.1 Å². The van der Waals surface area contributed by atoms with Crippen molar-refractivity contribution in [2.24, 2.45) is 0 Å². The van der Waals surface area contributed by atoms with Crippen LogP contribution in [0.1, 0.15) is 6.92 Å². The van der Waals surface area contributed by atoms with Gasteiger partial charge in [-0.1, -0.05) is 0 Å². The Morgan fingerprint density at radius 3 is 2.44 bits per heavy atom. The third-order valence-corrected chi connectivity index (χ3v) is 1.48. The minimum absolute atomic E-state index is 0.0671. The van der Waals surface area contributed by atoms with Gasteiger partial charge in [0.25, 0.3) is 0 Å². The second kappa shape index (κ2) is 4.33. The summed E-state index contributed by atoms with van der Waals surface area (Å²) < 4.78 is 4.57. The zero-order valence-corrected chi connectivity index (χ0v) is 6.21. The Morgan fingerprint density at radius 1 is 1.78 bits per heavy atom. The molecule has 0 aromatic rings. The van der Waals surface area contributed by atoms with E-state index in [1.165, 1.54) is 14.0 Å². The van der Waals surface area contributed by atoms with E-state index in [0.717, 1.165) is 0 Å². The molecule has 0 aliphatic heterocycles. The fourth-order valence-corrected chi connectivity index (χ4v) is 0.637. The fraction of sp³-hybridized carbons (Fsp3) is 0.500. The van der Waals surface area contributed by atoms with Gasteiger partial charge in [-0.15, -0.1) is 0 Å². The second-order valence-corrected chi connectivity index (χ2v) is 2.40. The molecule has 0 heterocycles. The molecule has 0 N–H and O–H groups in total. The van der Waals surface area contributed by atoms with Gasteiger partial charge in [-0.3, -0.25) is 4.79 Å². The molecule has 1 atom stereocenters. The lowest BCUT2D eigenvalue weighted by Gasteiger charge is -1.85. The third-order valence-electron chi connectivity index (χ3n) is 0.632. The van der Waals surface area contributed by atoms with Gasteiger partial charge >= 0.3 is 5.45 Å². The summed E-state index contributed by atoms with van der Waals surface area (Å²) in [4.78, 5) is 13.1. The molecule has 50 valence electrons. The number of ketones is 1. The summed E-state index contributed by atoms with van der Waals surface area (Å²) in [6.07, 6.45) is 0. The van der Waals surface area contributed by atoms with Gasteiger partial charge in [0.05, 0.1) is 0 Å². The van der Waals surface area contributed by atoms with Crippen molar-refractivity contribution in [2.45, 2.75) is 6.92 Å². The molecule has 0 fully saturated rings. The predicted molar refractivity (Wildman–Crippen MR) is 34.6 cm³/mol. The summed E-state index contributed by atoms with van der Waals surface area (Å²) in [6.45, 7) is 1.32. The minimum atomic E-state index is -0.266. The van der Waals surface area contributed by atoms with Crippen LogP contribution in [0, 0.1) is 0 Å². The SMILES string of the molecule is COPC(=[N+]=[N-])C(C)=O. The van der Waals surface area contributed by atoms with Gasteiger partial charge in [-0.25, -0.2) is 0 Å². The monoisotopic (exact) mass is 146 g/mol. The van der Waals surface area contributed by atoms with Crippen molar-refractivity contribution in [3.8, 4) is 0 Å². The van der Waals surface area contributed by atoms with Gasteiger partial charge in [0.15, 0.2) is 0 Å². The second-order valence-electron chi connectivity index (χ2n) is 1.31. The Morgan fingerprint density at radius 2 is 2.33 bits per heavy atom. The van der Waals surface area contributed by atoms with Crippen LogP contribution in [0.2, 0.25) is 0 Å². The molecule has 0 aromatic carbocycles. The van der Waals surface area contributed by atoms with Crippen molar-refractivity contribution in [3.63, 3.8) is 0 Å². The molecule has 1 unspecified atom stereocenters. The van der Waals surface area contributed by atoms with E-state index in [1.54, 1.807) is 0 Å². The molecule has 4 nitrogen and oxygen atoms in total. The maximum Gasteiger partial charge on any atom is 0.376 e. The average Bonchev–Trinajstić information content (AvgIpc) is 1.82. The lowest BCUT2D eigenvalue weighted by molar-refractivity contribution is -0.114. The third kappa shape index (κ3) is 3.09. The highest BCUT2D eigenvalue weighted by Crippen LogP contribution is 2.10.